The summed E-state index contributed by atoms with van der Waals surface area (Å²) in [6.45, 7) is 0. The van der Waals surface area contributed by atoms with Crippen molar-refractivity contribution in [2.75, 3.05) is 5.32 Å². The van der Waals surface area contributed by atoms with Gasteiger partial charge in [-0.15, -0.1) is 0 Å². The molecule has 1 fully saturated rings. The molecule has 3 rings (SSSR count). The van der Waals surface area contributed by atoms with E-state index in [0.717, 1.165) is 32.1 Å². The van der Waals surface area contributed by atoms with E-state index < -0.39 is 4.92 Å². The lowest BCUT2D eigenvalue weighted by Gasteiger charge is -2.20. The number of anilines is 1. The van der Waals surface area contributed by atoms with Crippen molar-refractivity contribution in [2.24, 2.45) is 0 Å². The van der Waals surface area contributed by atoms with Crippen molar-refractivity contribution in [3.8, 4) is 0 Å². The maximum Gasteiger partial charge on any atom is 0.293 e. The molecule has 2 N–H and O–H groups in total. The normalized spacial score (nSPS) is 20.5. The van der Waals surface area contributed by atoms with Crippen LogP contribution in [0.15, 0.2) is 30.4 Å². The Kier molecular flexibility index (Phi) is 4.09. The van der Waals surface area contributed by atoms with Crippen LogP contribution in [-0.2, 0) is 0 Å². The van der Waals surface area contributed by atoms with Gasteiger partial charge in [0.2, 0.25) is 0 Å². The first-order chi connectivity index (χ1) is 10.6. The fourth-order valence-electron chi connectivity index (χ4n) is 2.59. The Balaban J connectivity index is 1.78. The lowest BCUT2D eigenvalue weighted by atomic mass is 10.0. The molecule has 1 atom stereocenters. The molecule has 0 saturated heterocycles. The Bertz CT molecular complexity index is 623. The number of hydrogen-bond donors (Lipinski definition) is 2. The summed E-state index contributed by atoms with van der Waals surface area (Å²) < 4.78 is 0. The summed E-state index contributed by atoms with van der Waals surface area (Å²) in [4.78, 5) is 22.9. The zero-order valence-electron chi connectivity index (χ0n) is 12.2. The molecular weight excluding hydrogens is 282 g/mol. The van der Waals surface area contributed by atoms with Crippen LogP contribution in [-0.4, -0.2) is 22.9 Å². The summed E-state index contributed by atoms with van der Waals surface area (Å²) in [5.41, 5.74) is 0.777. The molecule has 0 bridgehead atoms. The number of carbonyl (C=O) groups excluding carboxylic acids is 1. The van der Waals surface area contributed by atoms with Crippen molar-refractivity contribution in [3.05, 3.63) is 46.0 Å². The van der Waals surface area contributed by atoms with Gasteiger partial charge in [0, 0.05) is 23.7 Å². The van der Waals surface area contributed by atoms with E-state index >= 15 is 0 Å². The zero-order chi connectivity index (χ0) is 15.5. The van der Waals surface area contributed by atoms with Crippen LogP contribution < -0.4 is 10.6 Å². The topological polar surface area (TPSA) is 84.3 Å². The number of amides is 1. The monoisotopic (exact) mass is 301 g/mol. The second-order valence-corrected chi connectivity index (χ2v) is 5.86. The Hall–Kier alpha value is -2.37. The van der Waals surface area contributed by atoms with Gasteiger partial charge >= 0.3 is 0 Å². The third-order valence-electron chi connectivity index (χ3n) is 4.00. The van der Waals surface area contributed by atoms with Crippen LogP contribution in [0.4, 0.5) is 11.4 Å². The molecule has 0 aromatic heterocycles. The molecule has 1 unspecified atom stereocenters. The van der Waals surface area contributed by atoms with Crippen LogP contribution in [0.1, 0.15) is 42.5 Å². The highest BCUT2D eigenvalue weighted by Crippen LogP contribution is 2.28. The Morgan fingerprint density at radius 3 is 2.64 bits per heavy atom. The molecule has 0 radical (unpaired) electrons. The number of benzene rings is 1. The first-order valence-corrected chi connectivity index (χ1v) is 7.64. The van der Waals surface area contributed by atoms with E-state index in [9.17, 15) is 14.9 Å². The van der Waals surface area contributed by atoms with Crippen molar-refractivity contribution in [1.82, 2.24) is 5.32 Å². The molecule has 116 valence electrons. The van der Waals surface area contributed by atoms with Crippen LogP contribution in [0.2, 0.25) is 0 Å². The van der Waals surface area contributed by atoms with Crippen LogP contribution in [0.3, 0.4) is 0 Å². The molecule has 22 heavy (non-hydrogen) atoms. The van der Waals surface area contributed by atoms with Gasteiger partial charge < -0.3 is 10.6 Å². The van der Waals surface area contributed by atoms with Gasteiger partial charge in [-0.05, 0) is 44.2 Å². The summed E-state index contributed by atoms with van der Waals surface area (Å²) in [7, 11) is 0. The minimum Gasteiger partial charge on any atom is -0.376 e. The minimum absolute atomic E-state index is 0.0435. The maximum absolute atomic E-state index is 12.0. The van der Waals surface area contributed by atoms with Crippen LogP contribution >= 0.6 is 0 Å². The molecule has 0 aliphatic heterocycles. The summed E-state index contributed by atoms with van der Waals surface area (Å²) in [6.07, 6.45) is 8.99. The molecule has 6 heteroatoms. The van der Waals surface area contributed by atoms with Gasteiger partial charge in [-0.3, -0.25) is 14.9 Å². The van der Waals surface area contributed by atoms with Crippen LogP contribution in [0.5, 0.6) is 0 Å². The lowest BCUT2D eigenvalue weighted by molar-refractivity contribution is -0.384. The SMILES string of the molecule is O=C(NC1CC1)c1ccc(NC2CC=CCC2)c([N+](=O)[O-])c1. The van der Waals surface area contributed by atoms with Crippen molar-refractivity contribution in [3.63, 3.8) is 0 Å². The van der Waals surface area contributed by atoms with E-state index in [-0.39, 0.29) is 23.7 Å². The van der Waals surface area contributed by atoms with Gasteiger partial charge in [-0.25, -0.2) is 0 Å². The van der Waals surface area contributed by atoms with Crippen molar-refractivity contribution >= 4 is 17.3 Å². The number of nitro benzene ring substituents is 1. The molecule has 1 aromatic rings. The van der Waals surface area contributed by atoms with Crippen LogP contribution in [0.25, 0.3) is 0 Å². The molecule has 0 spiro atoms. The van der Waals surface area contributed by atoms with Crippen LogP contribution in [0, 0.1) is 10.1 Å². The van der Waals surface area contributed by atoms with Gasteiger partial charge in [0.05, 0.1) is 4.92 Å². The van der Waals surface area contributed by atoms with E-state index in [2.05, 4.69) is 22.8 Å². The van der Waals surface area contributed by atoms with Gasteiger partial charge in [0.1, 0.15) is 5.69 Å². The molecule has 1 saturated carbocycles. The highest BCUT2D eigenvalue weighted by atomic mass is 16.6. The average molecular weight is 301 g/mol. The van der Waals surface area contributed by atoms with E-state index in [1.54, 1.807) is 12.1 Å². The van der Waals surface area contributed by atoms with Crippen molar-refractivity contribution in [1.29, 1.82) is 0 Å². The number of hydrogen-bond acceptors (Lipinski definition) is 4. The number of allylic oxidation sites excluding steroid dienone is 1. The third-order valence-corrected chi connectivity index (χ3v) is 4.00. The van der Waals surface area contributed by atoms with E-state index in [0.29, 0.717) is 11.3 Å². The van der Waals surface area contributed by atoms with Gasteiger partial charge in [0.15, 0.2) is 0 Å². The maximum atomic E-state index is 12.0. The standard InChI is InChI=1S/C16H19N3O3/c20-16(18-13-7-8-13)11-6-9-14(15(10-11)19(21)22)17-12-4-2-1-3-5-12/h1-2,6,9-10,12-13,17H,3-5,7-8H2,(H,18,20). The second-order valence-electron chi connectivity index (χ2n) is 5.86. The average Bonchev–Trinajstić information content (AvgIpc) is 3.32. The molecule has 1 aromatic carbocycles. The van der Waals surface area contributed by atoms with E-state index in [4.69, 9.17) is 0 Å². The number of nitro groups is 1. The van der Waals surface area contributed by atoms with Gasteiger partial charge in [-0.2, -0.15) is 0 Å². The summed E-state index contributed by atoms with van der Waals surface area (Å²) in [6, 6.07) is 5.08. The highest BCUT2D eigenvalue weighted by molar-refractivity contribution is 5.96. The fourth-order valence-corrected chi connectivity index (χ4v) is 2.59. The second kappa shape index (κ2) is 6.17. The molecule has 1 amide bonds. The minimum atomic E-state index is -0.436. The smallest absolute Gasteiger partial charge is 0.293 e. The fraction of sp³-hybridized carbons (Fsp3) is 0.438. The van der Waals surface area contributed by atoms with Gasteiger partial charge in [0.25, 0.3) is 11.6 Å². The lowest BCUT2D eigenvalue weighted by Crippen LogP contribution is -2.25. The van der Waals surface area contributed by atoms with E-state index in [1.807, 2.05) is 0 Å². The Morgan fingerprint density at radius 1 is 1.18 bits per heavy atom. The molecule has 2 aliphatic rings. The first-order valence-electron chi connectivity index (χ1n) is 7.64. The number of nitrogens with zero attached hydrogens (tertiary/aromatic N) is 1. The van der Waals surface area contributed by atoms with Crippen molar-refractivity contribution in [2.45, 2.75) is 44.2 Å². The number of nitrogens with one attached hydrogen (secondary N) is 2. The summed E-state index contributed by atoms with van der Waals surface area (Å²) in [5, 5.41) is 17.4. The first kappa shape index (κ1) is 14.6. The predicted molar refractivity (Wildman–Crippen MR) is 84.0 cm³/mol. The third kappa shape index (κ3) is 3.44. The largest absolute Gasteiger partial charge is 0.376 e. The Morgan fingerprint density at radius 2 is 2.00 bits per heavy atom. The van der Waals surface area contributed by atoms with Gasteiger partial charge in [-0.1, -0.05) is 12.2 Å². The molecule has 0 heterocycles. The van der Waals surface area contributed by atoms with Crippen molar-refractivity contribution < 1.29 is 9.72 Å². The zero-order valence-corrected chi connectivity index (χ0v) is 12.2. The number of carbonyl (C=O) groups is 1. The predicted octanol–water partition coefficient (Wildman–Crippen LogP) is 3.01. The highest BCUT2D eigenvalue weighted by Gasteiger charge is 2.25. The molecular formula is C16H19N3O3. The quantitative estimate of drug-likeness (QED) is 0.497. The van der Waals surface area contributed by atoms with E-state index in [1.165, 1.54) is 6.07 Å². The summed E-state index contributed by atoms with van der Waals surface area (Å²) in [5.74, 6) is -0.238. The number of rotatable bonds is 5. The summed E-state index contributed by atoms with van der Waals surface area (Å²) >= 11 is 0. The Labute approximate surface area is 128 Å². The molecule has 2 aliphatic carbocycles. The molecule has 6 nitrogen and oxygen atoms in total.